The van der Waals surface area contributed by atoms with Gasteiger partial charge in [0.2, 0.25) is 11.7 Å². The average Bonchev–Trinajstić information content (AvgIpc) is 2.94. The molecular weight excluding hydrogens is 289 g/mol. The highest BCUT2D eigenvalue weighted by atomic mass is 19.1. The van der Waals surface area contributed by atoms with Crippen molar-refractivity contribution in [1.82, 2.24) is 15.0 Å². The van der Waals surface area contributed by atoms with Gasteiger partial charge in [0, 0.05) is 6.54 Å². The number of aliphatic hydroxyl groups excluding tert-OH is 1. The standard InChI is InChI=1S/C15H18FN3O3/c16-11-3-5-13(6-4-11)21-10-14-17-15(22-18-14)9-19-7-1-2-12(20)8-19/h3-6,12,20H,1-2,7-10H2. The molecule has 118 valence electrons. The Morgan fingerprint density at radius 2 is 2.18 bits per heavy atom. The average molecular weight is 307 g/mol. The van der Waals surface area contributed by atoms with Crippen LogP contribution in [0.15, 0.2) is 28.8 Å². The minimum absolute atomic E-state index is 0.164. The summed E-state index contributed by atoms with van der Waals surface area (Å²) in [6.45, 7) is 2.24. The zero-order chi connectivity index (χ0) is 15.4. The lowest BCUT2D eigenvalue weighted by atomic mass is 10.1. The lowest BCUT2D eigenvalue weighted by Gasteiger charge is -2.28. The van der Waals surface area contributed by atoms with E-state index < -0.39 is 0 Å². The predicted octanol–water partition coefficient (Wildman–Crippen LogP) is 1.74. The van der Waals surface area contributed by atoms with E-state index in [2.05, 4.69) is 15.0 Å². The van der Waals surface area contributed by atoms with Crippen LogP contribution in [0.1, 0.15) is 24.6 Å². The van der Waals surface area contributed by atoms with Crippen molar-refractivity contribution in [3.05, 3.63) is 41.8 Å². The summed E-state index contributed by atoms with van der Waals surface area (Å²) < 4.78 is 23.4. The maximum Gasteiger partial charge on any atom is 0.240 e. The van der Waals surface area contributed by atoms with Crippen LogP contribution in [-0.2, 0) is 13.2 Å². The number of β-amino-alcohol motifs (C(OH)–C–C–N with tert-alkyl or cyclic N) is 1. The molecule has 3 rings (SSSR count). The lowest BCUT2D eigenvalue weighted by molar-refractivity contribution is 0.0613. The van der Waals surface area contributed by atoms with Crippen LogP contribution in [0.25, 0.3) is 0 Å². The fourth-order valence-electron chi connectivity index (χ4n) is 2.46. The molecule has 0 amide bonds. The van der Waals surface area contributed by atoms with E-state index in [0.29, 0.717) is 30.6 Å². The topological polar surface area (TPSA) is 71.6 Å². The van der Waals surface area contributed by atoms with Crippen LogP contribution in [0.5, 0.6) is 5.75 Å². The van der Waals surface area contributed by atoms with Crippen molar-refractivity contribution in [1.29, 1.82) is 0 Å². The molecule has 1 N–H and O–H groups in total. The quantitative estimate of drug-likeness (QED) is 0.907. The third kappa shape index (κ3) is 4.02. The van der Waals surface area contributed by atoms with Gasteiger partial charge >= 0.3 is 0 Å². The molecule has 2 heterocycles. The fourth-order valence-corrected chi connectivity index (χ4v) is 2.46. The van der Waals surface area contributed by atoms with Crippen LogP contribution in [0.3, 0.4) is 0 Å². The molecule has 22 heavy (non-hydrogen) atoms. The lowest BCUT2D eigenvalue weighted by Crippen LogP contribution is -2.37. The molecule has 1 aromatic carbocycles. The minimum Gasteiger partial charge on any atom is -0.485 e. The Hall–Kier alpha value is -1.99. The Bertz CT molecular complexity index is 602. The maximum absolute atomic E-state index is 12.8. The summed E-state index contributed by atoms with van der Waals surface area (Å²) in [5.74, 6) is 1.19. The zero-order valence-corrected chi connectivity index (χ0v) is 12.1. The van der Waals surface area contributed by atoms with Crippen molar-refractivity contribution >= 4 is 0 Å². The number of benzene rings is 1. The number of ether oxygens (including phenoxy) is 1. The number of nitrogens with zero attached hydrogens (tertiary/aromatic N) is 3. The van der Waals surface area contributed by atoms with Gasteiger partial charge in [-0.15, -0.1) is 0 Å². The molecule has 2 aromatic rings. The maximum atomic E-state index is 12.8. The molecule has 1 aliphatic rings. The molecule has 0 aliphatic carbocycles. The number of halogens is 1. The second kappa shape index (κ2) is 6.85. The second-order valence-corrected chi connectivity index (χ2v) is 5.38. The van der Waals surface area contributed by atoms with E-state index in [1.165, 1.54) is 12.1 Å². The number of hydrogen-bond donors (Lipinski definition) is 1. The largest absolute Gasteiger partial charge is 0.485 e. The molecule has 1 aromatic heterocycles. The van der Waals surface area contributed by atoms with Crippen molar-refractivity contribution in [2.75, 3.05) is 13.1 Å². The molecule has 0 radical (unpaired) electrons. The van der Waals surface area contributed by atoms with Gasteiger partial charge in [-0.25, -0.2) is 4.39 Å². The van der Waals surface area contributed by atoms with Gasteiger partial charge in [-0.3, -0.25) is 4.90 Å². The van der Waals surface area contributed by atoms with Crippen LogP contribution < -0.4 is 4.74 Å². The van der Waals surface area contributed by atoms with E-state index in [1.807, 2.05) is 0 Å². The Kier molecular flexibility index (Phi) is 4.65. The first kappa shape index (κ1) is 14.9. The molecule has 1 saturated heterocycles. The van der Waals surface area contributed by atoms with E-state index in [4.69, 9.17) is 9.26 Å². The molecule has 0 spiro atoms. The number of aromatic nitrogens is 2. The summed E-state index contributed by atoms with van der Waals surface area (Å²) in [5.41, 5.74) is 0. The highest BCUT2D eigenvalue weighted by molar-refractivity contribution is 5.22. The summed E-state index contributed by atoms with van der Waals surface area (Å²) in [7, 11) is 0. The van der Waals surface area contributed by atoms with E-state index in [9.17, 15) is 9.50 Å². The van der Waals surface area contributed by atoms with Crippen molar-refractivity contribution in [3.8, 4) is 5.75 Å². The third-order valence-corrected chi connectivity index (χ3v) is 3.53. The first-order chi connectivity index (χ1) is 10.7. The van der Waals surface area contributed by atoms with Crippen molar-refractivity contribution in [2.45, 2.75) is 32.1 Å². The molecule has 7 heteroatoms. The summed E-state index contributed by atoms with van der Waals surface area (Å²) >= 11 is 0. The number of likely N-dealkylation sites (tertiary alicyclic amines) is 1. The number of hydrogen-bond acceptors (Lipinski definition) is 6. The SMILES string of the molecule is OC1CCCN(Cc2nc(COc3ccc(F)cc3)no2)C1. The van der Waals surface area contributed by atoms with Gasteiger partial charge in [0.1, 0.15) is 11.6 Å². The van der Waals surface area contributed by atoms with Crippen molar-refractivity contribution in [2.24, 2.45) is 0 Å². The van der Waals surface area contributed by atoms with E-state index in [-0.39, 0.29) is 18.5 Å². The zero-order valence-electron chi connectivity index (χ0n) is 12.1. The first-order valence-corrected chi connectivity index (χ1v) is 7.29. The van der Waals surface area contributed by atoms with Gasteiger partial charge in [0.05, 0.1) is 12.6 Å². The van der Waals surface area contributed by atoms with Crippen LogP contribution in [0.4, 0.5) is 4.39 Å². The summed E-state index contributed by atoms with van der Waals surface area (Å²) in [4.78, 5) is 6.35. The van der Waals surface area contributed by atoms with E-state index >= 15 is 0 Å². The summed E-state index contributed by atoms with van der Waals surface area (Å²) in [6.07, 6.45) is 1.53. The van der Waals surface area contributed by atoms with E-state index in [1.54, 1.807) is 12.1 Å². The Balaban J connectivity index is 1.51. The normalized spacial score (nSPS) is 19.3. The monoisotopic (exact) mass is 307 g/mol. The van der Waals surface area contributed by atoms with Gasteiger partial charge in [-0.1, -0.05) is 5.16 Å². The van der Waals surface area contributed by atoms with Crippen LogP contribution in [0, 0.1) is 5.82 Å². The van der Waals surface area contributed by atoms with Gasteiger partial charge in [-0.2, -0.15) is 4.98 Å². The van der Waals surface area contributed by atoms with Gasteiger partial charge in [0.25, 0.3) is 0 Å². The molecular formula is C15H18FN3O3. The van der Waals surface area contributed by atoms with Crippen molar-refractivity contribution in [3.63, 3.8) is 0 Å². The molecule has 1 unspecified atom stereocenters. The van der Waals surface area contributed by atoms with Crippen LogP contribution >= 0.6 is 0 Å². The Morgan fingerprint density at radius 1 is 1.36 bits per heavy atom. The molecule has 1 atom stereocenters. The molecule has 0 saturated carbocycles. The van der Waals surface area contributed by atoms with Gasteiger partial charge in [0.15, 0.2) is 6.61 Å². The number of aliphatic hydroxyl groups is 1. The summed E-state index contributed by atoms with van der Waals surface area (Å²) in [5, 5.41) is 13.5. The van der Waals surface area contributed by atoms with Crippen LogP contribution in [-0.4, -0.2) is 39.3 Å². The van der Waals surface area contributed by atoms with Crippen molar-refractivity contribution < 1.29 is 18.8 Å². The smallest absolute Gasteiger partial charge is 0.240 e. The fraction of sp³-hybridized carbons (Fsp3) is 0.467. The van der Waals surface area contributed by atoms with Crippen LogP contribution in [0.2, 0.25) is 0 Å². The molecule has 1 fully saturated rings. The van der Waals surface area contributed by atoms with Gasteiger partial charge in [-0.05, 0) is 43.7 Å². The third-order valence-electron chi connectivity index (χ3n) is 3.53. The predicted molar refractivity (Wildman–Crippen MR) is 75.5 cm³/mol. The number of piperidine rings is 1. The Morgan fingerprint density at radius 3 is 2.95 bits per heavy atom. The Labute approximate surface area is 127 Å². The highest BCUT2D eigenvalue weighted by Gasteiger charge is 2.19. The second-order valence-electron chi connectivity index (χ2n) is 5.38. The molecule has 6 nitrogen and oxygen atoms in total. The molecule has 1 aliphatic heterocycles. The minimum atomic E-state index is -0.307. The van der Waals surface area contributed by atoms with E-state index in [0.717, 1.165) is 19.4 Å². The highest BCUT2D eigenvalue weighted by Crippen LogP contribution is 2.14. The molecule has 0 bridgehead atoms. The van der Waals surface area contributed by atoms with Gasteiger partial charge < -0.3 is 14.4 Å². The number of rotatable bonds is 5. The first-order valence-electron chi connectivity index (χ1n) is 7.29. The summed E-state index contributed by atoms with van der Waals surface area (Å²) in [6, 6.07) is 5.76.